The van der Waals surface area contributed by atoms with Gasteiger partial charge in [-0.25, -0.2) is 0 Å². The van der Waals surface area contributed by atoms with Crippen molar-refractivity contribution in [3.8, 4) is 0 Å². The predicted octanol–water partition coefficient (Wildman–Crippen LogP) is 5.11. The fourth-order valence-corrected chi connectivity index (χ4v) is 3.53. The zero-order valence-corrected chi connectivity index (χ0v) is 13.1. The van der Waals surface area contributed by atoms with Gasteiger partial charge in [0.15, 0.2) is 0 Å². The summed E-state index contributed by atoms with van der Waals surface area (Å²) in [5, 5.41) is 0. The van der Waals surface area contributed by atoms with E-state index >= 15 is 0 Å². The van der Waals surface area contributed by atoms with Crippen LogP contribution in [0.2, 0.25) is 0 Å². The van der Waals surface area contributed by atoms with E-state index in [4.69, 9.17) is 0 Å². The molecule has 1 heteroatoms. The van der Waals surface area contributed by atoms with Crippen molar-refractivity contribution in [3.63, 3.8) is 0 Å². The fourth-order valence-electron chi connectivity index (χ4n) is 3.53. The lowest BCUT2D eigenvalue weighted by Gasteiger charge is -2.26. The van der Waals surface area contributed by atoms with Crippen LogP contribution < -0.4 is 0 Å². The molecule has 1 unspecified atom stereocenters. The summed E-state index contributed by atoms with van der Waals surface area (Å²) in [6.07, 6.45) is 14.6. The van der Waals surface area contributed by atoms with Crippen LogP contribution in [0.5, 0.6) is 0 Å². The maximum Gasteiger partial charge on any atom is -0.00217 e. The maximum atomic E-state index is 2.49. The van der Waals surface area contributed by atoms with Crippen LogP contribution in [-0.2, 0) is 0 Å². The van der Waals surface area contributed by atoms with Crippen LogP contribution in [0, 0.1) is 11.8 Å². The van der Waals surface area contributed by atoms with Gasteiger partial charge in [-0.05, 0) is 57.7 Å². The lowest BCUT2D eigenvalue weighted by molar-refractivity contribution is 0.257. The Balaban J connectivity index is 2.12. The Hall–Kier alpha value is -0.0400. The van der Waals surface area contributed by atoms with E-state index in [2.05, 4.69) is 25.8 Å². The highest BCUT2D eigenvalue weighted by Crippen LogP contribution is 2.31. The Kier molecular flexibility index (Phi) is 8.75. The monoisotopic (exact) mass is 253 g/mol. The van der Waals surface area contributed by atoms with Gasteiger partial charge in [0.05, 0.1) is 0 Å². The van der Waals surface area contributed by atoms with Crippen LogP contribution in [0.15, 0.2) is 0 Å². The molecule has 0 aliphatic heterocycles. The smallest absolute Gasteiger partial charge is 0.00217 e. The molecular weight excluding hydrogens is 218 g/mol. The van der Waals surface area contributed by atoms with E-state index in [1.54, 1.807) is 0 Å². The molecule has 0 amide bonds. The molecule has 0 aromatic rings. The normalized spacial score (nSPS) is 19.3. The molecular formula is C17H35N. The molecule has 1 rings (SSSR count). The van der Waals surface area contributed by atoms with E-state index in [-0.39, 0.29) is 0 Å². The first-order valence-electron chi connectivity index (χ1n) is 8.44. The van der Waals surface area contributed by atoms with E-state index in [9.17, 15) is 0 Å². The first-order valence-corrected chi connectivity index (χ1v) is 8.44. The van der Waals surface area contributed by atoms with Crippen LogP contribution >= 0.6 is 0 Å². The molecule has 18 heavy (non-hydrogen) atoms. The second kappa shape index (κ2) is 9.83. The average Bonchev–Trinajstić information content (AvgIpc) is 2.39. The largest absolute Gasteiger partial charge is 0.306 e. The minimum Gasteiger partial charge on any atom is -0.306 e. The molecule has 1 saturated carbocycles. The summed E-state index contributed by atoms with van der Waals surface area (Å²) in [7, 11) is 2.27. The van der Waals surface area contributed by atoms with Gasteiger partial charge < -0.3 is 4.90 Å². The lowest BCUT2D eigenvalue weighted by atomic mass is 9.80. The van der Waals surface area contributed by atoms with E-state index in [1.165, 1.54) is 77.3 Å². The van der Waals surface area contributed by atoms with Crippen LogP contribution in [-0.4, -0.2) is 25.0 Å². The molecule has 0 saturated heterocycles. The molecule has 0 N–H and O–H groups in total. The zero-order valence-electron chi connectivity index (χ0n) is 13.1. The topological polar surface area (TPSA) is 3.24 Å². The number of nitrogens with zero attached hydrogens (tertiary/aromatic N) is 1. The summed E-state index contributed by atoms with van der Waals surface area (Å²) in [5.74, 6) is 2.07. The average molecular weight is 253 g/mol. The summed E-state index contributed by atoms with van der Waals surface area (Å²) < 4.78 is 0. The van der Waals surface area contributed by atoms with Crippen LogP contribution in [0.4, 0.5) is 0 Å². The maximum absolute atomic E-state index is 2.49. The Morgan fingerprint density at radius 2 is 1.78 bits per heavy atom. The molecule has 0 aromatic heterocycles. The summed E-state index contributed by atoms with van der Waals surface area (Å²) >= 11 is 0. The Morgan fingerprint density at radius 3 is 2.39 bits per heavy atom. The quantitative estimate of drug-likeness (QED) is 0.552. The molecule has 1 nitrogen and oxygen atoms in total. The van der Waals surface area contributed by atoms with Crippen LogP contribution in [0.1, 0.15) is 78.1 Å². The first-order chi connectivity index (χ1) is 8.76. The number of hydrogen-bond acceptors (Lipinski definition) is 1. The number of hydrogen-bond donors (Lipinski definition) is 0. The minimum absolute atomic E-state index is 1.00. The van der Waals surface area contributed by atoms with Crippen LogP contribution in [0.25, 0.3) is 0 Å². The molecule has 0 heterocycles. The molecule has 1 aliphatic carbocycles. The van der Waals surface area contributed by atoms with Gasteiger partial charge in [0.1, 0.15) is 0 Å². The highest BCUT2D eigenvalue weighted by Gasteiger charge is 2.17. The van der Waals surface area contributed by atoms with E-state index in [0.29, 0.717) is 0 Å². The van der Waals surface area contributed by atoms with Crippen molar-refractivity contribution in [2.45, 2.75) is 78.1 Å². The van der Waals surface area contributed by atoms with Gasteiger partial charge in [-0.1, -0.05) is 52.4 Å². The standard InChI is InChI=1S/C17H35N/c1-4-13-18(3)14-9-12-16(5-2)15-17-10-7-6-8-11-17/h16-17H,4-15H2,1-3H3. The van der Waals surface area contributed by atoms with Crippen LogP contribution in [0.3, 0.4) is 0 Å². The second-order valence-corrected chi connectivity index (χ2v) is 6.46. The molecule has 0 bridgehead atoms. The lowest BCUT2D eigenvalue weighted by Crippen LogP contribution is -2.21. The Bertz CT molecular complexity index is 184. The van der Waals surface area contributed by atoms with Gasteiger partial charge in [-0.2, -0.15) is 0 Å². The highest BCUT2D eigenvalue weighted by molar-refractivity contribution is 4.70. The van der Waals surface area contributed by atoms with Crippen molar-refractivity contribution < 1.29 is 0 Å². The van der Waals surface area contributed by atoms with Crippen molar-refractivity contribution in [1.29, 1.82) is 0 Å². The van der Waals surface area contributed by atoms with E-state index < -0.39 is 0 Å². The van der Waals surface area contributed by atoms with Crippen molar-refractivity contribution in [2.75, 3.05) is 20.1 Å². The Labute approximate surface area is 115 Å². The molecule has 0 spiro atoms. The predicted molar refractivity (Wildman–Crippen MR) is 82.0 cm³/mol. The van der Waals surface area contributed by atoms with E-state index in [0.717, 1.165) is 11.8 Å². The number of rotatable bonds is 9. The first kappa shape index (κ1) is 16.0. The van der Waals surface area contributed by atoms with Gasteiger partial charge in [0, 0.05) is 0 Å². The summed E-state index contributed by atoms with van der Waals surface area (Å²) in [4.78, 5) is 2.49. The molecule has 1 fully saturated rings. The SMILES string of the molecule is CCCN(C)CCCC(CC)CC1CCCCC1. The van der Waals surface area contributed by atoms with Crippen molar-refractivity contribution in [3.05, 3.63) is 0 Å². The van der Waals surface area contributed by atoms with Crippen molar-refractivity contribution in [1.82, 2.24) is 4.90 Å². The van der Waals surface area contributed by atoms with Gasteiger partial charge in [0.25, 0.3) is 0 Å². The third-order valence-corrected chi connectivity index (χ3v) is 4.73. The third kappa shape index (κ3) is 6.78. The molecule has 0 radical (unpaired) electrons. The Morgan fingerprint density at radius 1 is 1.06 bits per heavy atom. The van der Waals surface area contributed by atoms with Crippen molar-refractivity contribution in [2.24, 2.45) is 11.8 Å². The second-order valence-electron chi connectivity index (χ2n) is 6.46. The zero-order chi connectivity index (χ0) is 13.2. The highest BCUT2D eigenvalue weighted by atomic mass is 15.1. The molecule has 1 atom stereocenters. The van der Waals surface area contributed by atoms with Gasteiger partial charge in [0.2, 0.25) is 0 Å². The van der Waals surface area contributed by atoms with Gasteiger partial charge >= 0.3 is 0 Å². The van der Waals surface area contributed by atoms with E-state index in [1.807, 2.05) is 0 Å². The molecule has 1 aliphatic rings. The minimum atomic E-state index is 1.00. The summed E-state index contributed by atoms with van der Waals surface area (Å²) in [6.45, 7) is 7.23. The van der Waals surface area contributed by atoms with Gasteiger partial charge in [-0.3, -0.25) is 0 Å². The van der Waals surface area contributed by atoms with Crippen molar-refractivity contribution >= 4 is 0 Å². The van der Waals surface area contributed by atoms with Gasteiger partial charge in [-0.15, -0.1) is 0 Å². The molecule has 108 valence electrons. The summed E-state index contributed by atoms with van der Waals surface area (Å²) in [5.41, 5.74) is 0. The fraction of sp³-hybridized carbons (Fsp3) is 1.00. The molecule has 0 aromatic carbocycles. The summed E-state index contributed by atoms with van der Waals surface area (Å²) in [6, 6.07) is 0. The third-order valence-electron chi connectivity index (χ3n) is 4.73.